The fourth-order valence-electron chi connectivity index (χ4n) is 1.10. The lowest BCUT2D eigenvalue weighted by Gasteiger charge is -2.08. The third-order valence-electron chi connectivity index (χ3n) is 1.93. The van der Waals surface area contributed by atoms with E-state index in [1.165, 1.54) is 11.8 Å². The smallest absolute Gasteiger partial charge is 0.225 e. The van der Waals surface area contributed by atoms with Gasteiger partial charge in [-0.15, -0.1) is 0 Å². The fourth-order valence-corrected chi connectivity index (χ4v) is 2.17. The Morgan fingerprint density at radius 1 is 1.39 bits per heavy atom. The average molecular weight is 307 g/mol. The molecule has 1 aromatic rings. The number of hydrogen-bond donors (Lipinski definition) is 3. The predicted octanol–water partition coefficient (Wildman–Crippen LogP) is 2.24. The summed E-state index contributed by atoms with van der Waals surface area (Å²) in [6.07, 6.45) is 0.252. The van der Waals surface area contributed by atoms with E-state index in [2.05, 4.69) is 10.4 Å². The van der Waals surface area contributed by atoms with Gasteiger partial charge in [0.25, 0.3) is 0 Å². The number of benzene rings is 1. The van der Waals surface area contributed by atoms with E-state index in [9.17, 15) is 4.79 Å². The van der Waals surface area contributed by atoms with Gasteiger partial charge < -0.3 is 16.9 Å². The molecule has 1 amide bonds. The maximum atomic E-state index is 11.6. The minimum Gasteiger partial charge on any atom is -0.377 e. The van der Waals surface area contributed by atoms with Crippen LogP contribution in [0.1, 0.15) is 6.42 Å². The van der Waals surface area contributed by atoms with Crippen LogP contribution in [0.15, 0.2) is 23.3 Å². The molecule has 1 rings (SSSR count). The summed E-state index contributed by atoms with van der Waals surface area (Å²) in [4.78, 5) is 11.6. The van der Waals surface area contributed by atoms with Gasteiger partial charge in [0.2, 0.25) is 5.91 Å². The lowest BCUT2D eigenvalue weighted by atomic mass is 10.3. The summed E-state index contributed by atoms with van der Waals surface area (Å²) in [7, 11) is 0. The second-order valence-electron chi connectivity index (χ2n) is 3.21. The molecule has 0 aromatic heterocycles. The maximum Gasteiger partial charge on any atom is 0.225 e. The first-order chi connectivity index (χ1) is 8.54. The number of halogens is 2. The van der Waals surface area contributed by atoms with E-state index >= 15 is 0 Å². The minimum atomic E-state index is -0.206. The maximum absolute atomic E-state index is 11.6. The van der Waals surface area contributed by atoms with E-state index in [0.717, 1.165) is 0 Å². The Balaban J connectivity index is 2.50. The minimum absolute atomic E-state index is 0.206. The van der Waals surface area contributed by atoms with Gasteiger partial charge >= 0.3 is 0 Å². The van der Waals surface area contributed by atoms with Gasteiger partial charge in [0.15, 0.2) is 5.17 Å². The van der Waals surface area contributed by atoms with Crippen molar-refractivity contribution in [2.75, 3.05) is 11.1 Å². The van der Waals surface area contributed by atoms with Gasteiger partial charge in [-0.1, -0.05) is 41.0 Å². The molecule has 0 saturated heterocycles. The van der Waals surface area contributed by atoms with E-state index in [1.807, 2.05) is 0 Å². The van der Waals surface area contributed by atoms with Crippen molar-refractivity contribution in [2.45, 2.75) is 6.42 Å². The van der Waals surface area contributed by atoms with Crippen LogP contribution in [0, 0.1) is 0 Å². The number of amidine groups is 1. The summed E-state index contributed by atoms with van der Waals surface area (Å²) in [5.41, 5.74) is 5.79. The molecule has 18 heavy (non-hydrogen) atoms. The summed E-state index contributed by atoms with van der Waals surface area (Å²) >= 11 is 13.0. The molecule has 0 bridgehead atoms. The third kappa shape index (κ3) is 4.64. The first kappa shape index (κ1) is 14.9. The predicted molar refractivity (Wildman–Crippen MR) is 78.0 cm³/mol. The zero-order valence-corrected chi connectivity index (χ0v) is 11.6. The van der Waals surface area contributed by atoms with Crippen molar-refractivity contribution in [1.82, 2.24) is 0 Å². The van der Waals surface area contributed by atoms with E-state index in [-0.39, 0.29) is 17.5 Å². The van der Waals surface area contributed by atoms with Gasteiger partial charge in [-0.3, -0.25) is 4.79 Å². The average Bonchev–Trinajstić information content (AvgIpc) is 2.34. The Labute approximate surface area is 119 Å². The Hall–Kier alpha value is -1.11. The summed E-state index contributed by atoms with van der Waals surface area (Å²) in [5, 5.41) is 6.95. The van der Waals surface area contributed by atoms with Crippen molar-refractivity contribution in [2.24, 2.45) is 16.7 Å². The number of nitrogens with two attached hydrogens (primary N) is 2. The summed E-state index contributed by atoms with van der Waals surface area (Å²) in [6.45, 7) is 0. The Bertz CT molecular complexity index is 447. The molecule has 0 atom stereocenters. The zero-order valence-electron chi connectivity index (χ0n) is 9.32. The van der Waals surface area contributed by atoms with Gasteiger partial charge in [0.1, 0.15) is 0 Å². The second kappa shape index (κ2) is 7.35. The number of rotatable bonds is 4. The van der Waals surface area contributed by atoms with Crippen LogP contribution in [0.25, 0.3) is 0 Å². The van der Waals surface area contributed by atoms with Crippen molar-refractivity contribution < 1.29 is 4.79 Å². The molecule has 0 radical (unpaired) electrons. The molecule has 0 fully saturated rings. The molecule has 0 spiro atoms. The molecule has 98 valence electrons. The third-order valence-corrected chi connectivity index (χ3v) is 3.37. The van der Waals surface area contributed by atoms with Crippen LogP contribution < -0.4 is 16.9 Å². The van der Waals surface area contributed by atoms with Crippen LogP contribution in [0.5, 0.6) is 0 Å². The lowest BCUT2D eigenvalue weighted by molar-refractivity contribution is -0.115. The molecule has 1 aromatic carbocycles. The Morgan fingerprint density at radius 2 is 2.00 bits per heavy atom. The van der Waals surface area contributed by atoms with E-state index < -0.39 is 0 Å². The number of thioether (sulfide) groups is 1. The van der Waals surface area contributed by atoms with Crippen LogP contribution in [0.2, 0.25) is 10.0 Å². The number of para-hydroxylation sites is 1. The van der Waals surface area contributed by atoms with Gasteiger partial charge in [-0.05, 0) is 12.1 Å². The monoisotopic (exact) mass is 306 g/mol. The van der Waals surface area contributed by atoms with Crippen molar-refractivity contribution in [3.8, 4) is 0 Å². The number of carbonyl (C=O) groups is 1. The zero-order chi connectivity index (χ0) is 13.5. The van der Waals surface area contributed by atoms with Crippen LogP contribution >= 0.6 is 35.0 Å². The number of amides is 1. The number of nitrogens with one attached hydrogen (secondary N) is 1. The molecule has 0 heterocycles. The molecular weight excluding hydrogens is 295 g/mol. The number of anilines is 1. The van der Waals surface area contributed by atoms with Crippen molar-refractivity contribution >= 4 is 51.7 Å². The number of nitrogens with zero attached hydrogens (tertiary/aromatic N) is 1. The first-order valence-electron chi connectivity index (χ1n) is 4.94. The topological polar surface area (TPSA) is 93.5 Å². The molecule has 8 heteroatoms. The second-order valence-corrected chi connectivity index (χ2v) is 5.14. The molecule has 5 nitrogen and oxygen atoms in total. The highest BCUT2D eigenvalue weighted by atomic mass is 35.5. The molecule has 5 N–H and O–H groups in total. The molecule has 0 aliphatic heterocycles. The summed E-state index contributed by atoms with van der Waals surface area (Å²) in [6, 6.07) is 5.00. The molecular formula is C10H12Cl2N4OS. The number of carbonyl (C=O) groups excluding carboxylic acids is 1. The first-order valence-corrected chi connectivity index (χ1v) is 6.68. The fraction of sp³-hybridized carbons (Fsp3) is 0.200. The van der Waals surface area contributed by atoms with Crippen LogP contribution in [0.3, 0.4) is 0 Å². The highest BCUT2D eigenvalue weighted by Crippen LogP contribution is 2.29. The number of hydrazone groups is 1. The molecule has 0 aliphatic carbocycles. The quantitative estimate of drug-likeness (QED) is 0.344. The Morgan fingerprint density at radius 3 is 2.56 bits per heavy atom. The van der Waals surface area contributed by atoms with Gasteiger partial charge in [-0.25, -0.2) is 0 Å². The lowest BCUT2D eigenvalue weighted by Crippen LogP contribution is -2.15. The molecule has 0 unspecified atom stereocenters. The van der Waals surface area contributed by atoms with Gasteiger partial charge in [0.05, 0.1) is 15.7 Å². The highest BCUT2D eigenvalue weighted by Gasteiger charge is 2.09. The van der Waals surface area contributed by atoms with Gasteiger partial charge in [-0.2, -0.15) is 5.10 Å². The largest absolute Gasteiger partial charge is 0.377 e. The van der Waals surface area contributed by atoms with Crippen molar-refractivity contribution in [1.29, 1.82) is 0 Å². The summed E-state index contributed by atoms with van der Waals surface area (Å²) in [5.74, 6) is 5.23. The highest BCUT2D eigenvalue weighted by molar-refractivity contribution is 8.13. The van der Waals surface area contributed by atoms with Gasteiger partial charge in [0, 0.05) is 12.2 Å². The number of hydrogen-bond acceptors (Lipinski definition) is 4. The standard InChI is InChI=1S/C10H12Cl2N4OS/c11-6-2-1-3-7(12)9(6)15-8(17)4-5-18-10(13)16-14/h1-3H,4-5,14H2,(H2,13,16)(H,15,17). The van der Waals surface area contributed by atoms with Crippen LogP contribution in [-0.2, 0) is 4.79 Å². The molecule has 0 aliphatic rings. The van der Waals surface area contributed by atoms with Crippen molar-refractivity contribution in [3.05, 3.63) is 28.2 Å². The summed E-state index contributed by atoms with van der Waals surface area (Å²) < 4.78 is 0. The van der Waals surface area contributed by atoms with E-state index in [4.69, 9.17) is 34.8 Å². The van der Waals surface area contributed by atoms with Crippen LogP contribution in [-0.4, -0.2) is 16.8 Å². The van der Waals surface area contributed by atoms with E-state index in [1.54, 1.807) is 18.2 Å². The SMILES string of the molecule is NN=C(N)SCCC(=O)Nc1c(Cl)cccc1Cl. The van der Waals surface area contributed by atoms with Crippen molar-refractivity contribution in [3.63, 3.8) is 0 Å². The normalized spacial score (nSPS) is 11.3. The Kier molecular flexibility index (Phi) is 6.11. The van der Waals surface area contributed by atoms with Crippen LogP contribution in [0.4, 0.5) is 5.69 Å². The van der Waals surface area contributed by atoms with E-state index in [0.29, 0.717) is 21.5 Å². The molecule has 0 saturated carbocycles.